The second kappa shape index (κ2) is 10.5. The third-order valence-electron chi connectivity index (χ3n) is 4.74. The van der Waals surface area contributed by atoms with Crippen LogP contribution in [0.2, 0.25) is 5.02 Å². The van der Waals surface area contributed by atoms with E-state index in [9.17, 15) is 0 Å². The van der Waals surface area contributed by atoms with Gasteiger partial charge in [0.1, 0.15) is 5.82 Å². The lowest BCUT2D eigenvalue weighted by Gasteiger charge is -2.09. The van der Waals surface area contributed by atoms with Crippen LogP contribution in [-0.4, -0.2) is 26.5 Å². The van der Waals surface area contributed by atoms with E-state index in [1.165, 1.54) is 5.56 Å². The van der Waals surface area contributed by atoms with Gasteiger partial charge in [0, 0.05) is 47.6 Å². The van der Waals surface area contributed by atoms with E-state index >= 15 is 0 Å². The van der Waals surface area contributed by atoms with Gasteiger partial charge in [-0.3, -0.25) is 15.0 Å². The van der Waals surface area contributed by atoms with Crippen LogP contribution in [-0.2, 0) is 6.42 Å². The van der Waals surface area contributed by atoms with Crippen LogP contribution in [0.1, 0.15) is 18.4 Å². The molecule has 0 saturated carbocycles. The number of rotatable bonds is 9. The zero-order chi connectivity index (χ0) is 21.3. The van der Waals surface area contributed by atoms with Gasteiger partial charge in [0.25, 0.3) is 0 Å². The predicted octanol–water partition coefficient (Wildman–Crippen LogP) is 5.77. The Hall–Kier alpha value is -3.51. The highest BCUT2D eigenvalue weighted by atomic mass is 35.5. The molecule has 0 unspecified atom stereocenters. The van der Waals surface area contributed by atoms with E-state index in [0.29, 0.717) is 10.8 Å². The predicted molar refractivity (Wildman–Crippen MR) is 126 cm³/mol. The highest BCUT2D eigenvalue weighted by Gasteiger charge is 2.05. The van der Waals surface area contributed by atoms with Crippen LogP contribution in [0.3, 0.4) is 0 Å². The number of nitrogens with one attached hydrogen (secondary N) is 2. The molecule has 6 nitrogen and oxygen atoms in total. The van der Waals surface area contributed by atoms with Crippen LogP contribution in [0.5, 0.6) is 0 Å². The Labute approximate surface area is 186 Å². The van der Waals surface area contributed by atoms with E-state index in [0.717, 1.165) is 48.4 Å². The number of halogens is 1. The number of hydrogen-bond acceptors (Lipinski definition) is 6. The van der Waals surface area contributed by atoms with Crippen molar-refractivity contribution in [1.82, 2.24) is 19.9 Å². The SMILES string of the molecule is Clc1cccc(Nc2cncc(-c3cncc(NCCCCc4ccncc4)c3)n2)c1. The molecule has 0 fully saturated rings. The first-order valence-corrected chi connectivity index (χ1v) is 10.6. The molecule has 1 aromatic carbocycles. The summed E-state index contributed by atoms with van der Waals surface area (Å²) in [5.74, 6) is 0.647. The average Bonchev–Trinajstić information content (AvgIpc) is 2.80. The smallest absolute Gasteiger partial charge is 0.149 e. The van der Waals surface area contributed by atoms with Gasteiger partial charge in [-0.15, -0.1) is 0 Å². The van der Waals surface area contributed by atoms with Crippen molar-refractivity contribution >= 4 is 28.8 Å². The Kier molecular flexibility index (Phi) is 7.03. The number of aryl methyl sites for hydroxylation is 1. The average molecular weight is 431 g/mol. The topological polar surface area (TPSA) is 75.6 Å². The maximum absolute atomic E-state index is 6.05. The number of pyridine rings is 2. The Morgan fingerprint density at radius 3 is 2.55 bits per heavy atom. The Morgan fingerprint density at radius 1 is 0.806 bits per heavy atom. The van der Waals surface area contributed by atoms with Crippen LogP contribution in [0, 0.1) is 0 Å². The summed E-state index contributed by atoms with van der Waals surface area (Å²) in [7, 11) is 0. The van der Waals surface area contributed by atoms with Gasteiger partial charge in [-0.1, -0.05) is 17.7 Å². The number of aromatic nitrogens is 4. The zero-order valence-corrected chi connectivity index (χ0v) is 17.8. The Balaban J connectivity index is 1.34. The van der Waals surface area contributed by atoms with Crippen molar-refractivity contribution in [2.24, 2.45) is 0 Å². The summed E-state index contributed by atoms with van der Waals surface area (Å²) in [4.78, 5) is 17.4. The van der Waals surface area contributed by atoms with Crippen molar-refractivity contribution in [3.63, 3.8) is 0 Å². The van der Waals surface area contributed by atoms with Gasteiger partial charge >= 0.3 is 0 Å². The molecule has 4 rings (SSSR count). The fourth-order valence-corrected chi connectivity index (χ4v) is 3.38. The van der Waals surface area contributed by atoms with Crippen molar-refractivity contribution in [2.75, 3.05) is 17.2 Å². The number of benzene rings is 1. The second-order valence-corrected chi connectivity index (χ2v) is 7.56. The molecule has 2 N–H and O–H groups in total. The van der Waals surface area contributed by atoms with Crippen LogP contribution < -0.4 is 10.6 Å². The first-order valence-electron chi connectivity index (χ1n) is 10.2. The number of hydrogen-bond donors (Lipinski definition) is 2. The van der Waals surface area contributed by atoms with E-state index in [2.05, 4.69) is 42.7 Å². The minimum atomic E-state index is 0.647. The molecule has 7 heteroatoms. The second-order valence-electron chi connectivity index (χ2n) is 7.13. The summed E-state index contributed by atoms with van der Waals surface area (Å²) >= 11 is 6.05. The summed E-state index contributed by atoms with van der Waals surface area (Å²) in [6.45, 7) is 0.887. The van der Waals surface area contributed by atoms with Gasteiger partial charge in [-0.05, 0) is 61.2 Å². The molecule has 0 aliphatic carbocycles. The van der Waals surface area contributed by atoms with Crippen molar-refractivity contribution in [2.45, 2.75) is 19.3 Å². The summed E-state index contributed by atoms with van der Waals surface area (Å²) in [6.07, 6.45) is 14.0. The normalized spacial score (nSPS) is 10.6. The van der Waals surface area contributed by atoms with E-state index in [4.69, 9.17) is 11.6 Å². The summed E-state index contributed by atoms with van der Waals surface area (Å²) in [5.41, 5.74) is 4.81. The van der Waals surface area contributed by atoms with Crippen LogP contribution in [0.15, 0.2) is 79.6 Å². The number of anilines is 3. The maximum atomic E-state index is 6.05. The molecule has 3 heterocycles. The van der Waals surface area contributed by atoms with Crippen molar-refractivity contribution in [1.29, 1.82) is 0 Å². The van der Waals surface area contributed by atoms with E-state index < -0.39 is 0 Å². The van der Waals surface area contributed by atoms with Gasteiger partial charge in [-0.2, -0.15) is 0 Å². The van der Waals surface area contributed by atoms with E-state index in [1.54, 1.807) is 18.6 Å². The molecule has 0 atom stereocenters. The van der Waals surface area contributed by atoms with Crippen LogP contribution in [0.25, 0.3) is 11.3 Å². The Bertz CT molecular complexity index is 1120. The molecule has 0 saturated heterocycles. The first-order chi connectivity index (χ1) is 15.3. The van der Waals surface area contributed by atoms with Crippen LogP contribution >= 0.6 is 11.6 Å². The van der Waals surface area contributed by atoms with E-state index in [1.807, 2.05) is 48.9 Å². The minimum absolute atomic E-state index is 0.647. The van der Waals surface area contributed by atoms with Crippen molar-refractivity contribution in [3.8, 4) is 11.3 Å². The lowest BCUT2D eigenvalue weighted by Crippen LogP contribution is -2.03. The van der Waals surface area contributed by atoms with Gasteiger partial charge in [0.15, 0.2) is 0 Å². The van der Waals surface area contributed by atoms with Gasteiger partial charge in [0.05, 0.1) is 23.8 Å². The fraction of sp³-hybridized carbons (Fsp3) is 0.167. The molecule has 3 aromatic heterocycles. The maximum Gasteiger partial charge on any atom is 0.149 e. The standard InChI is InChI=1S/C24H23ClN6/c25-20-5-3-6-21(13-20)30-24-17-28-16-23(31-24)19-12-22(15-27-14-19)29-9-2-1-4-18-7-10-26-11-8-18/h3,5-8,10-17,29H,1-2,4,9H2,(H,30,31). The van der Waals surface area contributed by atoms with E-state index in [-0.39, 0.29) is 0 Å². The molecule has 0 bridgehead atoms. The first kappa shape index (κ1) is 20.8. The number of nitrogens with zero attached hydrogens (tertiary/aromatic N) is 4. The fourth-order valence-electron chi connectivity index (χ4n) is 3.19. The zero-order valence-electron chi connectivity index (χ0n) is 17.0. The van der Waals surface area contributed by atoms with Crippen LogP contribution in [0.4, 0.5) is 17.2 Å². The third-order valence-corrected chi connectivity index (χ3v) is 4.97. The molecule has 31 heavy (non-hydrogen) atoms. The summed E-state index contributed by atoms with van der Waals surface area (Å²) in [6, 6.07) is 13.7. The molecule has 4 aromatic rings. The highest BCUT2D eigenvalue weighted by Crippen LogP contribution is 2.23. The minimum Gasteiger partial charge on any atom is -0.384 e. The molecule has 156 valence electrons. The molecule has 0 aliphatic heterocycles. The molecule has 0 spiro atoms. The molecular weight excluding hydrogens is 408 g/mol. The molecule has 0 radical (unpaired) electrons. The molecule has 0 amide bonds. The van der Waals surface area contributed by atoms with Crippen molar-refractivity contribution < 1.29 is 0 Å². The van der Waals surface area contributed by atoms with Gasteiger partial charge < -0.3 is 10.6 Å². The Morgan fingerprint density at radius 2 is 1.68 bits per heavy atom. The monoisotopic (exact) mass is 430 g/mol. The lowest BCUT2D eigenvalue weighted by molar-refractivity contribution is 0.762. The number of unbranched alkanes of at least 4 members (excludes halogenated alkanes) is 1. The molecular formula is C24H23ClN6. The van der Waals surface area contributed by atoms with Gasteiger partial charge in [-0.25, -0.2) is 4.98 Å². The summed E-state index contributed by atoms with van der Waals surface area (Å²) in [5, 5.41) is 7.35. The molecule has 0 aliphatic rings. The highest BCUT2D eigenvalue weighted by molar-refractivity contribution is 6.30. The van der Waals surface area contributed by atoms with Crippen molar-refractivity contribution in [3.05, 3.63) is 90.2 Å². The largest absolute Gasteiger partial charge is 0.384 e. The van der Waals surface area contributed by atoms with Gasteiger partial charge in [0.2, 0.25) is 0 Å². The lowest BCUT2D eigenvalue weighted by atomic mass is 10.1. The third kappa shape index (κ3) is 6.23. The summed E-state index contributed by atoms with van der Waals surface area (Å²) < 4.78 is 0. The quantitative estimate of drug-likeness (QED) is 0.328.